The van der Waals surface area contributed by atoms with Crippen molar-refractivity contribution < 1.29 is 19.3 Å². The maximum Gasteiger partial charge on any atom is 0.127 e. The summed E-state index contributed by atoms with van der Waals surface area (Å²) in [6.45, 7) is 0.240. The fraction of sp³-hybridized carbons (Fsp3) is 0.600. The second kappa shape index (κ2) is 6.46. The van der Waals surface area contributed by atoms with Crippen molar-refractivity contribution in [3.63, 3.8) is 0 Å². The van der Waals surface area contributed by atoms with Gasteiger partial charge in [0, 0.05) is 12.0 Å². The summed E-state index contributed by atoms with van der Waals surface area (Å²) in [4.78, 5) is 0. The maximum absolute atomic E-state index is 13.9. The van der Waals surface area contributed by atoms with Crippen LogP contribution in [0.1, 0.15) is 31.2 Å². The lowest BCUT2D eigenvalue weighted by Crippen LogP contribution is -2.36. The van der Waals surface area contributed by atoms with E-state index in [0.29, 0.717) is 12.0 Å². The second-order valence-corrected chi connectivity index (χ2v) is 5.25. The summed E-state index contributed by atoms with van der Waals surface area (Å²) in [6, 6.07) is 6.34. The fourth-order valence-electron chi connectivity index (χ4n) is 2.71. The topological polar surface area (TPSA) is 49.7 Å². The predicted molar refractivity (Wildman–Crippen MR) is 70.5 cm³/mol. The lowest BCUT2D eigenvalue weighted by atomic mass is 9.77. The molecule has 1 saturated heterocycles. The molecule has 0 spiro atoms. The van der Waals surface area contributed by atoms with Gasteiger partial charge in [0.2, 0.25) is 0 Å². The van der Waals surface area contributed by atoms with Crippen LogP contribution in [0, 0.1) is 5.82 Å². The van der Waals surface area contributed by atoms with Crippen molar-refractivity contribution in [3.05, 3.63) is 35.6 Å². The standard InChI is InChI=1S/C15H21FO3/c16-14-6-2-1-5-13(14)15(10-17,11-18)8-7-12-4-3-9-19-12/h1-2,5-6,12,17-18H,3-4,7-11H2. The summed E-state index contributed by atoms with van der Waals surface area (Å²) in [5, 5.41) is 19.3. The molecular formula is C15H21FO3. The number of halogens is 1. The molecule has 1 aromatic carbocycles. The number of rotatable bonds is 6. The lowest BCUT2D eigenvalue weighted by Gasteiger charge is -2.31. The van der Waals surface area contributed by atoms with E-state index in [1.165, 1.54) is 6.07 Å². The van der Waals surface area contributed by atoms with Gasteiger partial charge in [-0.05, 0) is 37.3 Å². The van der Waals surface area contributed by atoms with Crippen LogP contribution in [0.25, 0.3) is 0 Å². The van der Waals surface area contributed by atoms with Crippen LogP contribution in [0.2, 0.25) is 0 Å². The van der Waals surface area contributed by atoms with E-state index < -0.39 is 5.41 Å². The van der Waals surface area contributed by atoms with Crippen molar-refractivity contribution in [2.45, 2.75) is 37.2 Å². The summed E-state index contributed by atoms with van der Waals surface area (Å²) in [5.41, 5.74) is -0.532. The van der Waals surface area contributed by atoms with Crippen molar-refractivity contribution in [1.29, 1.82) is 0 Å². The average Bonchev–Trinajstić information content (AvgIpc) is 2.95. The first kappa shape index (κ1) is 14.4. The van der Waals surface area contributed by atoms with Crippen LogP contribution >= 0.6 is 0 Å². The van der Waals surface area contributed by atoms with Crippen molar-refractivity contribution in [1.82, 2.24) is 0 Å². The maximum atomic E-state index is 13.9. The highest BCUT2D eigenvalue weighted by Gasteiger charge is 2.34. The first-order valence-electron chi connectivity index (χ1n) is 6.80. The SMILES string of the molecule is OCC(CO)(CCC1CCCO1)c1ccccc1F. The van der Waals surface area contributed by atoms with Crippen molar-refractivity contribution in [3.8, 4) is 0 Å². The minimum absolute atomic E-state index is 0.171. The van der Waals surface area contributed by atoms with Gasteiger partial charge in [-0.2, -0.15) is 0 Å². The van der Waals surface area contributed by atoms with Gasteiger partial charge in [0.25, 0.3) is 0 Å². The van der Waals surface area contributed by atoms with Crippen molar-refractivity contribution in [2.75, 3.05) is 19.8 Å². The molecule has 1 fully saturated rings. The molecule has 1 atom stereocenters. The third-order valence-corrected chi connectivity index (χ3v) is 4.02. The normalized spacial score (nSPS) is 19.8. The van der Waals surface area contributed by atoms with Gasteiger partial charge in [0.1, 0.15) is 5.82 Å². The van der Waals surface area contributed by atoms with Crippen LogP contribution in [0.15, 0.2) is 24.3 Å². The first-order valence-corrected chi connectivity index (χ1v) is 6.80. The molecule has 19 heavy (non-hydrogen) atoms. The smallest absolute Gasteiger partial charge is 0.127 e. The molecule has 2 rings (SSSR count). The molecule has 106 valence electrons. The molecular weight excluding hydrogens is 247 g/mol. The third-order valence-electron chi connectivity index (χ3n) is 4.02. The van der Waals surface area contributed by atoms with E-state index in [1.807, 2.05) is 0 Å². The molecule has 1 unspecified atom stereocenters. The molecule has 0 saturated carbocycles. The Hall–Kier alpha value is -0.970. The Balaban J connectivity index is 2.14. The van der Waals surface area contributed by atoms with Gasteiger partial charge in [0.05, 0.1) is 19.3 Å². The zero-order chi connectivity index (χ0) is 13.7. The Kier molecular flexibility index (Phi) is 4.91. The number of benzene rings is 1. The fourth-order valence-corrected chi connectivity index (χ4v) is 2.71. The zero-order valence-corrected chi connectivity index (χ0v) is 11.0. The summed E-state index contributed by atoms with van der Waals surface area (Å²) in [5.74, 6) is -0.377. The van der Waals surface area contributed by atoms with Crippen LogP contribution in [-0.2, 0) is 10.2 Å². The molecule has 0 bridgehead atoms. The molecule has 3 nitrogen and oxygen atoms in total. The van der Waals surface area contributed by atoms with E-state index in [1.54, 1.807) is 18.2 Å². The summed E-state index contributed by atoms with van der Waals surface area (Å²) >= 11 is 0. The largest absolute Gasteiger partial charge is 0.395 e. The Labute approximate surface area is 113 Å². The van der Waals surface area contributed by atoms with Gasteiger partial charge in [-0.1, -0.05) is 18.2 Å². The van der Waals surface area contributed by atoms with Crippen LogP contribution in [0.4, 0.5) is 4.39 Å². The molecule has 1 heterocycles. The van der Waals surface area contributed by atoms with Gasteiger partial charge in [-0.25, -0.2) is 4.39 Å². The number of hydrogen-bond acceptors (Lipinski definition) is 3. The van der Waals surface area contributed by atoms with Crippen LogP contribution in [0.5, 0.6) is 0 Å². The Morgan fingerprint density at radius 1 is 1.26 bits per heavy atom. The van der Waals surface area contributed by atoms with E-state index in [4.69, 9.17) is 4.74 Å². The molecule has 1 aliphatic rings. The molecule has 4 heteroatoms. The Bertz CT molecular complexity index is 398. The van der Waals surface area contributed by atoms with E-state index in [-0.39, 0.29) is 25.1 Å². The molecule has 0 radical (unpaired) electrons. The number of aliphatic hydroxyl groups excluding tert-OH is 2. The lowest BCUT2D eigenvalue weighted by molar-refractivity contribution is 0.0670. The van der Waals surface area contributed by atoms with Crippen molar-refractivity contribution >= 4 is 0 Å². The third kappa shape index (κ3) is 3.14. The number of aliphatic hydroxyl groups is 2. The highest BCUT2D eigenvalue weighted by Crippen LogP contribution is 2.33. The Morgan fingerprint density at radius 3 is 2.58 bits per heavy atom. The second-order valence-electron chi connectivity index (χ2n) is 5.25. The molecule has 0 aromatic heterocycles. The summed E-state index contributed by atoms with van der Waals surface area (Å²) in [7, 11) is 0. The minimum Gasteiger partial charge on any atom is -0.395 e. The van der Waals surface area contributed by atoms with E-state index in [9.17, 15) is 14.6 Å². The van der Waals surface area contributed by atoms with Crippen LogP contribution in [0.3, 0.4) is 0 Å². The molecule has 2 N–H and O–H groups in total. The molecule has 1 aromatic rings. The zero-order valence-electron chi connectivity index (χ0n) is 11.0. The van der Waals surface area contributed by atoms with Gasteiger partial charge in [-0.3, -0.25) is 0 Å². The number of hydrogen-bond donors (Lipinski definition) is 2. The summed E-state index contributed by atoms with van der Waals surface area (Å²) < 4.78 is 19.5. The minimum atomic E-state index is -0.919. The van der Waals surface area contributed by atoms with Gasteiger partial charge in [-0.15, -0.1) is 0 Å². The number of ether oxygens (including phenoxy) is 1. The monoisotopic (exact) mass is 268 g/mol. The first-order chi connectivity index (χ1) is 9.22. The Morgan fingerprint density at radius 2 is 2.00 bits per heavy atom. The highest BCUT2D eigenvalue weighted by atomic mass is 19.1. The van der Waals surface area contributed by atoms with Crippen LogP contribution in [-0.4, -0.2) is 36.1 Å². The molecule has 1 aliphatic heterocycles. The quantitative estimate of drug-likeness (QED) is 0.829. The predicted octanol–water partition coefficient (Wildman–Crippen LogP) is 2.01. The van der Waals surface area contributed by atoms with Gasteiger partial charge in [0.15, 0.2) is 0 Å². The van der Waals surface area contributed by atoms with E-state index in [0.717, 1.165) is 25.9 Å². The van der Waals surface area contributed by atoms with Crippen molar-refractivity contribution in [2.24, 2.45) is 0 Å². The summed E-state index contributed by atoms with van der Waals surface area (Å²) in [6.07, 6.45) is 3.48. The van der Waals surface area contributed by atoms with Gasteiger partial charge < -0.3 is 14.9 Å². The molecule has 0 amide bonds. The van der Waals surface area contributed by atoms with E-state index >= 15 is 0 Å². The molecule has 0 aliphatic carbocycles. The van der Waals surface area contributed by atoms with Crippen LogP contribution < -0.4 is 0 Å². The highest BCUT2D eigenvalue weighted by molar-refractivity contribution is 5.27. The average molecular weight is 268 g/mol. The van der Waals surface area contributed by atoms with E-state index in [2.05, 4.69) is 0 Å². The van der Waals surface area contributed by atoms with Gasteiger partial charge >= 0.3 is 0 Å².